The molecule has 5 heteroatoms. The van der Waals surface area contributed by atoms with Gasteiger partial charge in [-0.3, -0.25) is 4.79 Å². The van der Waals surface area contributed by atoms with E-state index >= 15 is 0 Å². The average Bonchev–Trinajstić information content (AvgIpc) is 3.38. The van der Waals surface area contributed by atoms with Crippen LogP contribution in [0.15, 0.2) is 59.7 Å². The van der Waals surface area contributed by atoms with E-state index in [0.717, 1.165) is 24.2 Å². The number of ether oxygens (including phenoxy) is 1. The highest BCUT2D eigenvalue weighted by atomic mass is 16.5. The number of hydrogen-bond donors (Lipinski definition) is 0. The topological polar surface area (TPSA) is 45.1 Å². The maximum atomic E-state index is 13.2. The van der Waals surface area contributed by atoms with Crippen molar-refractivity contribution in [2.45, 2.75) is 19.3 Å². The first-order valence-corrected chi connectivity index (χ1v) is 8.95. The summed E-state index contributed by atoms with van der Waals surface area (Å²) in [7, 11) is 3.67. The second-order valence-electron chi connectivity index (χ2n) is 6.90. The highest BCUT2D eigenvalue weighted by Gasteiger charge is 2.70. The number of hydrazone groups is 1. The molecule has 2 aromatic carbocycles. The zero-order valence-electron chi connectivity index (χ0n) is 15.3. The van der Waals surface area contributed by atoms with Gasteiger partial charge in [0.15, 0.2) is 0 Å². The van der Waals surface area contributed by atoms with Crippen LogP contribution in [0.5, 0.6) is 0 Å². The molecule has 1 fully saturated rings. The molecule has 26 heavy (non-hydrogen) atoms. The SMILES string of the molecule is CCN(C)c1ccc(C2CC23C(=O)N(c2ccccc2)N=C3OC)cc1. The zero-order valence-corrected chi connectivity index (χ0v) is 15.3. The molecule has 0 bridgehead atoms. The molecule has 1 spiro atoms. The Balaban J connectivity index is 1.62. The van der Waals surface area contributed by atoms with Crippen molar-refractivity contribution in [1.82, 2.24) is 0 Å². The van der Waals surface area contributed by atoms with Crippen LogP contribution in [0, 0.1) is 5.41 Å². The lowest BCUT2D eigenvalue weighted by Gasteiger charge is -2.17. The van der Waals surface area contributed by atoms with Crippen LogP contribution in [0.1, 0.15) is 24.8 Å². The minimum atomic E-state index is -0.650. The lowest BCUT2D eigenvalue weighted by atomic mass is 9.98. The highest BCUT2D eigenvalue weighted by molar-refractivity contribution is 6.20. The van der Waals surface area contributed by atoms with Crippen LogP contribution in [0.2, 0.25) is 0 Å². The van der Waals surface area contributed by atoms with Crippen LogP contribution < -0.4 is 9.91 Å². The number of carbonyl (C=O) groups is 1. The van der Waals surface area contributed by atoms with E-state index in [2.05, 4.69) is 48.2 Å². The summed E-state index contributed by atoms with van der Waals surface area (Å²) < 4.78 is 5.52. The molecule has 1 amide bonds. The molecule has 2 aliphatic rings. The molecule has 0 saturated heterocycles. The Hall–Kier alpha value is -2.82. The summed E-state index contributed by atoms with van der Waals surface area (Å²) in [6.07, 6.45) is 0.741. The Bertz CT molecular complexity index is 847. The smallest absolute Gasteiger partial charge is 0.263 e. The quantitative estimate of drug-likeness (QED) is 0.847. The number of methoxy groups -OCH3 is 1. The van der Waals surface area contributed by atoms with Gasteiger partial charge in [0.05, 0.1) is 12.8 Å². The molecule has 4 rings (SSSR count). The van der Waals surface area contributed by atoms with Gasteiger partial charge in [0.1, 0.15) is 5.41 Å². The van der Waals surface area contributed by atoms with Crippen molar-refractivity contribution < 1.29 is 9.53 Å². The standard InChI is InChI=1S/C21H23N3O2/c1-4-23(2)16-12-10-15(11-13-16)18-14-21(18)19(26-3)22-24(20(21)25)17-8-6-5-7-9-17/h5-13,18H,4,14H2,1-3H3. The minimum absolute atomic E-state index is 0.000280. The lowest BCUT2D eigenvalue weighted by Crippen LogP contribution is -2.30. The molecule has 2 aromatic rings. The molecule has 1 heterocycles. The molecule has 0 radical (unpaired) electrons. The second kappa shape index (κ2) is 6.16. The fourth-order valence-corrected chi connectivity index (χ4v) is 3.75. The van der Waals surface area contributed by atoms with Gasteiger partial charge in [-0.25, -0.2) is 0 Å². The number of carbonyl (C=O) groups excluding carboxylic acids is 1. The van der Waals surface area contributed by atoms with Crippen molar-refractivity contribution in [3.05, 3.63) is 60.2 Å². The first-order chi connectivity index (χ1) is 12.6. The van der Waals surface area contributed by atoms with Crippen molar-refractivity contribution in [2.75, 3.05) is 30.6 Å². The third kappa shape index (κ3) is 2.38. The van der Waals surface area contributed by atoms with Gasteiger partial charge in [-0.15, -0.1) is 5.10 Å². The summed E-state index contributed by atoms with van der Waals surface area (Å²) in [6.45, 7) is 3.08. The maximum absolute atomic E-state index is 13.2. The fraction of sp³-hybridized carbons (Fsp3) is 0.333. The first kappa shape index (κ1) is 16.6. The number of rotatable bonds is 4. The summed E-state index contributed by atoms with van der Waals surface area (Å²) in [6, 6.07) is 18.0. The van der Waals surface area contributed by atoms with Crippen molar-refractivity contribution in [3.63, 3.8) is 0 Å². The Kier molecular flexibility index (Phi) is 3.94. The van der Waals surface area contributed by atoms with Crippen molar-refractivity contribution >= 4 is 23.2 Å². The van der Waals surface area contributed by atoms with Gasteiger partial charge >= 0.3 is 0 Å². The van der Waals surface area contributed by atoms with Crippen LogP contribution >= 0.6 is 0 Å². The van der Waals surface area contributed by atoms with E-state index in [4.69, 9.17) is 4.74 Å². The number of benzene rings is 2. The van der Waals surface area contributed by atoms with Crippen molar-refractivity contribution in [2.24, 2.45) is 10.5 Å². The number of hydrogen-bond acceptors (Lipinski definition) is 4. The van der Waals surface area contributed by atoms with E-state index in [9.17, 15) is 4.79 Å². The molecular weight excluding hydrogens is 326 g/mol. The monoisotopic (exact) mass is 349 g/mol. The number of anilines is 2. The van der Waals surface area contributed by atoms with Gasteiger partial charge in [-0.2, -0.15) is 5.01 Å². The zero-order chi connectivity index (χ0) is 18.3. The first-order valence-electron chi connectivity index (χ1n) is 8.95. The van der Waals surface area contributed by atoms with Crippen LogP contribution in [-0.2, 0) is 9.53 Å². The molecular formula is C21H23N3O2. The molecule has 0 aromatic heterocycles. The van der Waals surface area contributed by atoms with Crippen LogP contribution in [0.3, 0.4) is 0 Å². The van der Waals surface area contributed by atoms with Gasteiger partial charge in [-0.05, 0) is 43.2 Å². The third-order valence-corrected chi connectivity index (χ3v) is 5.51. The largest absolute Gasteiger partial charge is 0.482 e. The van der Waals surface area contributed by atoms with E-state index in [0.29, 0.717) is 5.90 Å². The predicted octanol–water partition coefficient (Wildman–Crippen LogP) is 3.62. The molecule has 1 aliphatic carbocycles. The summed E-state index contributed by atoms with van der Waals surface area (Å²) in [5, 5.41) is 5.96. The minimum Gasteiger partial charge on any atom is -0.482 e. The molecule has 0 N–H and O–H groups in total. The van der Waals surface area contributed by atoms with Gasteiger partial charge < -0.3 is 9.64 Å². The maximum Gasteiger partial charge on any atom is 0.263 e. The Labute approximate surface area is 153 Å². The van der Waals surface area contributed by atoms with Crippen LogP contribution in [0.25, 0.3) is 0 Å². The Morgan fingerprint density at radius 1 is 1.19 bits per heavy atom. The van der Waals surface area contributed by atoms with Gasteiger partial charge in [-0.1, -0.05) is 30.3 Å². The Morgan fingerprint density at radius 2 is 1.88 bits per heavy atom. The normalized spacial score (nSPS) is 24.0. The van der Waals surface area contributed by atoms with E-state index in [1.807, 2.05) is 30.3 Å². The van der Waals surface area contributed by atoms with E-state index < -0.39 is 5.41 Å². The van der Waals surface area contributed by atoms with Crippen LogP contribution in [-0.4, -0.2) is 32.5 Å². The van der Waals surface area contributed by atoms with Gasteiger partial charge in [0.2, 0.25) is 5.90 Å². The second-order valence-corrected chi connectivity index (χ2v) is 6.90. The third-order valence-electron chi connectivity index (χ3n) is 5.51. The number of nitrogens with zero attached hydrogens (tertiary/aromatic N) is 3. The Morgan fingerprint density at radius 3 is 2.50 bits per heavy atom. The lowest BCUT2D eigenvalue weighted by molar-refractivity contribution is -0.121. The summed E-state index contributed by atoms with van der Waals surface area (Å²) in [5.74, 6) is 0.634. The van der Waals surface area contributed by atoms with E-state index in [-0.39, 0.29) is 11.8 Å². The predicted molar refractivity (Wildman–Crippen MR) is 104 cm³/mol. The summed E-state index contributed by atoms with van der Waals surface area (Å²) in [5.41, 5.74) is 2.46. The summed E-state index contributed by atoms with van der Waals surface area (Å²) in [4.78, 5) is 15.4. The molecule has 1 aliphatic heterocycles. The van der Waals surface area contributed by atoms with Crippen LogP contribution in [0.4, 0.5) is 11.4 Å². The summed E-state index contributed by atoms with van der Waals surface area (Å²) >= 11 is 0. The van der Waals surface area contributed by atoms with E-state index in [1.165, 1.54) is 10.7 Å². The van der Waals surface area contributed by atoms with Gasteiger partial charge in [0.25, 0.3) is 5.91 Å². The molecule has 1 saturated carbocycles. The fourth-order valence-electron chi connectivity index (χ4n) is 3.75. The highest BCUT2D eigenvalue weighted by Crippen LogP contribution is 2.63. The molecule has 5 nitrogen and oxygen atoms in total. The van der Waals surface area contributed by atoms with Gasteiger partial charge in [0, 0.05) is 25.2 Å². The molecule has 134 valence electrons. The average molecular weight is 349 g/mol. The van der Waals surface area contributed by atoms with E-state index in [1.54, 1.807) is 7.11 Å². The number of amides is 1. The number of para-hydroxylation sites is 1. The van der Waals surface area contributed by atoms with Crippen molar-refractivity contribution in [1.29, 1.82) is 0 Å². The van der Waals surface area contributed by atoms with Crippen molar-refractivity contribution in [3.8, 4) is 0 Å². The molecule has 2 unspecified atom stereocenters. The molecule has 2 atom stereocenters.